The lowest BCUT2D eigenvalue weighted by Crippen LogP contribution is -1.96. The summed E-state index contributed by atoms with van der Waals surface area (Å²) in [6, 6.07) is 0. The molecule has 0 amide bonds. The zero-order chi connectivity index (χ0) is 7.11. The van der Waals surface area contributed by atoms with Crippen LogP contribution in [0.1, 0.15) is 46.5 Å². The van der Waals surface area contributed by atoms with Crippen LogP contribution in [0, 0.1) is 12.3 Å². The second kappa shape index (κ2) is 6.12. The largest absolute Gasteiger partial charge is 0.0654 e. The summed E-state index contributed by atoms with van der Waals surface area (Å²) in [6.45, 7) is 6.69. The van der Waals surface area contributed by atoms with Crippen molar-refractivity contribution in [2.75, 3.05) is 0 Å². The van der Waals surface area contributed by atoms with Gasteiger partial charge in [-0.15, -0.1) is 0 Å². The summed E-state index contributed by atoms with van der Waals surface area (Å²) in [4.78, 5) is 0. The maximum Gasteiger partial charge on any atom is -0.0414 e. The van der Waals surface area contributed by atoms with E-state index in [1.807, 2.05) is 0 Å². The normalized spacial score (nSPS) is 10.7. The van der Waals surface area contributed by atoms with E-state index in [0.29, 0.717) is 0 Å². The van der Waals surface area contributed by atoms with Gasteiger partial charge in [-0.2, -0.15) is 0 Å². The van der Waals surface area contributed by atoms with Gasteiger partial charge in [0.15, 0.2) is 0 Å². The van der Waals surface area contributed by atoms with Crippen molar-refractivity contribution in [2.45, 2.75) is 46.5 Å². The first kappa shape index (κ1) is 9.00. The third kappa shape index (κ3) is 4.50. The van der Waals surface area contributed by atoms with Gasteiger partial charge in [-0.1, -0.05) is 40.0 Å². The lowest BCUT2D eigenvalue weighted by molar-refractivity contribution is 0.458. The van der Waals surface area contributed by atoms with Gasteiger partial charge in [-0.05, 0) is 18.8 Å². The molecule has 0 rings (SSSR count). The highest BCUT2D eigenvalue weighted by Crippen LogP contribution is 2.15. The monoisotopic (exact) mass is 127 g/mol. The van der Waals surface area contributed by atoms with Gasteiger partial charge in [-0.3, -0.25) is 0 Å². The minimum Gasteiger partial charge on any atom is -0.0654 e. The molecule has 0 aromatic rings. The quantitative estimate of drug-likeness (QED) is 0.530. The van der Waals surface area contributed by atoms with Gasteiger partial charge in [-0.25, -0.2) is 0 Å². The minimum atomic E-state index is 0.958. The van der Waals surface area contributed by atoms with Crippen molar-refractivity contribution in [1.29, 1.82) is 0 Å². The molecule has 0 nitrogen and oxygen atoms in total. The molecular formula is C9H19. The van der Waals surface area contributed by atoms with Crippen LogP contribution in [0.4, 0.5) is 0 Å². The molecule has 0 saturated heterocycles. The molecular weight excluding hydrogens is 108 g/mol. The lowest BCUT2D eigenvalue weighted by Gasteiger charge is -2.10. The summed E-state index contributed by atoms with van der Waals surface area (Å²) in [5.41, 5.74) is 0. The van der Waals surface area contributed by atoms with Crippen molar-refractivity contribution >= 4 is 0 Å². The second-order valence-electron chi connectivity index (χ2n) is 2.71. The van der Waals surface area contributed by atoms with Crippen LogP contribution in [0.2, 0.25) is 0 Å². The van der Waals surface area contributed by atoms with E-state index in [2.05, 4.69) is 27.2 Å². The Morgan fingerprint density at radius 1 is 1.33 bits per heavy atom. The van der Waals surface area contributed by atoms with Gasteiger partial charge in [0, 0.05) is 0 Å². The number of rotatable bonds is 5. The fourth-order valence-electron chi connectivity index (χ4n) is 1.23. The Labute approximate surface area is 59.7 Å². The summed E-state index contributed by atoms with van der Waals surface area (Å²) in [7, 11) is 0. The Kier molecular flexibility index (Phi) is 6.12. The molecule has 1 unspecified atom stereocenters. The van der Waals surface area contributed by atoms with E-state index in [9.17, 15) is 0 Å². The van der Waals surface area contributed by atoms with Crippen molar-refractivity contribution in [3.63, 3.8) is 0 Å². The van der Waals surface area contributed by atoms with Crippen LogP contribution >= 0.6 is 0 Å². The smallest absolute Gasteiger partial charge is 0.0414 e. The molecule has 0 aromatic carbocycles. The maximum absolute atomic E-state index is 2.28. The highest BCUT2D eigenvalue weighted by molar-refractivity contribution is 4.64. The van der Waals surface area contributed by atoms with E-state index < -0.39 is 0 Å². The van der Waals surface area contributed by atoms with Crippen LogP contribution in [0.3, 0.4) is 0 Å². The standard InChI is InChI=1S/C9H19/c1-4-7-9(6-3)8-5-2/h4,9H,5-8H2,1-3H3. The van der Waals surface area contributed by atoms with Crippen molar-refractivity contribution in [1.82, 2.24) is 0 Å². The van der Waals surface area contributed by atoms with Gasteiger partial charge >= 0.3 is 0 Å². The van der Waals surface area contributed by atoms with Crippen molar-refractivity contribution in [2.24, 2.45) is 5.92 Å². The fraction of sp³-hybridized carbons (Fsp3) is 0.889. The topological polar surface area (TPSA) is 0 Å². The summed E-state index contributed by atoms with van der Waals surface area (Å²) >= 11 is 0. The number of hydrogen-bond acceptors (Lipinski definition) is 0. The molecule has 0 bridgehead atoms. The zero-order valence-corrected chi connectivity index (χ0v) is 6.98. The summed E-state index contributed by atoms with van der Waals surface area (Å²) in [5.74, 6) is 0.958. The Morgan fingerprint density at radius 3 is 2.33 bits per heavy atom. The molecule has 0 N–H and O–H groups in total. The molecule has 0 fully saturated rings. The molecule has 0 heteroatoms. The third-order valence-electron chi connectivity index (χ3n) is 1.84. The van der Waals surface area contributed by atoms with E-state index in [0.717, 1.165) is 5.92 Å². The molecule has 55 valence electrons. The summed E-state index contributed by atoms with van der Waals surface area (Å²) < 4.78 is 0. The maximum atomic E-state index is 2.28. The first-order valence-electron chi connectivity index (χ1n) is 4.12. The average molecular weight is 127 g/mol. The van der Waals surface area contributed by atoms with E-state index in [1.54, 1.807) is 0 Å². The van der Waals surface area contributed by atoms with Gasteiger partial charge in [0.05, 0.1) is 0 Å². The van der Waals surface area contributed by atoms with Crippen LogP contribution in [-0.2, 0) is 0 Å². The van der Waals surface area contributed by atoms with Crippen molar-refractivity contribution < 1.29 is 0 Å². The predicted octanol–water partition coefficient (Wildman–Crippen LogP) is 3.43. The first-order valence-corrected chi connectivity index (χ1v) is 4.12. The van der Waals surface area contributed by atoms with Crippen LogP contribution < -0.4 is 0 Å². The molecule has 0 heterocycles. The number of hydrogen-bond donors (Lipinski definition) is 0. The molecule has 1 radical (unpaired) electrons. The van der Waals surface area contributed by atoms with Crippen LogP contribution in [0.25, 0.3) is 0 Å². The molecule has 9 heavy (non-hydrogen) atoms. The van der Waals surface area contributed by atoms with Crippen LogP contribution in [0.5, 0.6) is 0 Å². The Hall–Kier alpha value is 0. The van der Waals surface area contributed by atoms with Crippen molar-refractivity contribution in [3.05, 3.63) is 6.42 Å². The van der Waals surface area contributed by atoms with Crippen molar-refractivity contribution in [3.8, 4) is 0 Å². The van der Waals surface area contributed by atoms with Gasteiger partial charge in [0.2, 0.25) is 0 Å². The molecule has 0 aromatic heterocycles. The van der Waals surface area contributed by atoms with E-state index >= 15 is 0 Å². The Morgan fingerprint density at radius 2 is 2.00 bits per heavy atom. The lowest BCUT2D eigenvalue weighted by atomic mass is 9.96. The molecule has 1 atom stereocenters. The SMILES string of the molecule is C[CH]CC(CC)CCC. The minimum absolute atomic E-state index is 0.958. The van der Waals surface area contributed by atoms with E-state index in [-0.39, 0.29) is 0 Å². The first-order chi connectivity index (χ1) is 4.35. The average Bonchev–Trinajstić information content (AvgIpc) is 1.88. The second-order valence-corrected chi connectivity index (χ2v) is 2.71. The predicted molar refractivity (Wildman–Crippen MR) is 43.3 cm³/mol. The summed E-state index contributed by atoms with van der Waals surface area (Å²) in [6.07, 6.45) is 7.68. The van der Waals surface area contributed by atoms with E-state index in [1.165, 1.54) is 25.7 Å². The van der Waals surface area contributed by atoms with E-state index in [4.69, 9.17) is 0 Å². The van der Waals surface area contributed by atoms with Gasteiger partial charge in [0.25, 0.3) is 0 Å². The highest BCUT2D eigenvalue weighted by atomic mass is 14.1. The molecule has 0 aliphatic rings. The Balaban J connectivity index is 3.18. The zero-order valence-electron chi connectivity index (χ0n) is 6.98. The van der Waals surface area contributed by atoms with Gasteiger partial charge in [0.1, 0.15) is 0 Å². The Bertz CT molecular complexity index is 42.0. The fourth-order valence-corrected chi connectivity index (χ4v) is 1.23. The van der Waals surface area contributed by atoms with Gasteiger partial charge < -0.3 is 0 Å². The highest BCUT2D eigenvalue weighted by Gasteiger charge is 2.01. The van der Waals surface area contributed by atoms with Crippen LogP contribution in [0.15, 0.2) is 0 Å². The molecule has 0 spiro atoms. The summed E-state index contributed by atoms with van der Waals surface area (Å²) in [5, 5.41) is 0. The molecule has 0 saturated carbocycles. The third-order valence-corrected chi connectivity index (χ3v) is 1.84. The molecule has 0 aliphatic heterocycles. The van der Waals surface area contributed by atoms with Crippen LogP contribution in [-0.4, -0.2) is 0 Å². The molecule has 0 aliphatic carbocycles.